The van der Waals surface area contributed by atoms with E-state index in [1.807, 2.05) is 67.3 Å². The summed E-state index contributed by atoms with van der Waals surface area (Å²) >= 11 is 0. The highest BCUT2D eigenvalue weighted by Crippen LogP contribution is 2.29. The van der Waals surface area contributed by atoms with Crippen molar-refractivity contribution in [1.82, 2.24) is 9.80 Å². The number of benzene rings is 2. The summed E-state index contributed by atoms with van der Waals surface area (Å²) < 4.78 is 11.2. The largest absolute Gasteiger partial charge is 0.493 e. The van der Waals surface area contributed by atoms with Crippen molar-refractivity contribution in [3.8, 4) is 17.6 Å². The van der Waals surface area contributed by atoms with Gasteiger partial charge in [0.2, 0.25) is 5.91 Å². The quantitative estimate of drug-likeness (QED) is 0.615. The predicted molar refractivity (Wildman–Crippen MR) is 125 cm³/mol. The summed E-state index contributed by atoms with van der Waals surface area (Å²) in [6.07, 6.45) is 4.45. The lowest BCUT2D eigenvalue weighted by molar-refractivity contribution is -0.125. The van der Waals surface area contributed by atoms with E-state index >= 15 is 0 Å². The van der Waals surface area contributed by atoms with Crippen molar-refractivity contribution >= 4 is 12.0 Å². The maximum Gasteiger partial charge on any atom is 0.246 e. The third-order valence-corrected chi connectivity index (χ3v) is 5.36. The zero-order chi connectivity index (χ0) is 22.9. The molecule has 1 amide bonds. The highest BCUT2D eigenvalue weighted by Gasteiger charge is 2.18. The van der Waals surface area contributed by atoms with Crippen LogP contribution in [-0.4, -0.2) is 55.1 Å². The Bertz CT molecular complexity index is 977. The van der Waals surface area contributed by atoms with Crippen LogP contribution >= 0.6 is 0 Å². The van der Waals surface area contributed by atoms with E-state index in [2.05, 4.69) is 11.0 Å². The van der Waals surface area contributed by atoms with E-state index < -0.39 is 0 Å². The predicted octanol–water partition coefficient (Wildman–Crippen LogP) is 4.10. The van der Waals surface area contributed by atoms with Gasteiger partial charge in [0.1, 0.15) is 0 Å². The summed E-state index contributed by atoms with van der Waals surface area (Å²) in [4.78, 5) is 17.0. The van der Waals surface area contributed by atoms with Crippen LogP contribution in [0.2, 0.25) is 0 Å². The molecule has 0 radical (unpaired) electrons. The molecule has 0 atom stereocenters. The van der Waals surface area contributed by atoms with Gasteiger partial charge < -0.3 is 14.4 Å². The number of amides is 1. The standard InChI is InChI=1S/C26H31N3O3/c1-20(2)32-24-11-9-21(17-25(24)31-3)10-12-26(30)29-14-4-13-28(15-16-29)19-23-7-5-22(18-27)6-8-23/h5-12,17,20H,4,13-16,19H2,1-3H3/b12-10+. The minimum atomic E-state index is 0.0201. The van der Waals surface area contributed by atoms with Gasteiger partial charge in [0, 0.05) is 38.8 Å². The summed E-state index contributed by atoms with van der Waals surface area (Å²) in [5, 5.41) is 8.94. The van der Waals surface area contributed by atoms with E-state index in [9.17, 15) is 4.79 Å². The second-order valence-corrected chi connectivity index (χ2v) is 8.17. The van der Waals surface area contributed by atoms with Gasteiger partial charge in [-0.3, -0.25) is 9.69 Å². The van der Waals surface area contributed by atoms with E-state index in [1.54, 1.807) is 13.2 Å². The first-order valence-electron chi connectivity index (χ1n) is 11.0. The molecule has 2 aromatic carbocycles. The molecule has 1 saturated heterocycles. The Morgan fingerprint density at radius 3 is 2.56 bits per heavy atom. The monoisotopic (exact) mass is 433 g/mol. The molecule has 1 fully saturated rings. The zero-order valence-electron chi connectivity index (χ0n) is 19.1. The number of nitriles is 1. The minimum Gasteiger partial charge on any atom is -0.493 e. The van der Waals surface area contributed by atoms with Crippen molar-refractivity contribution in [1.29, 1.82) is 5.26 Å². The molecular formula is C26H31N3O3. The van der Waals surface area contributed by atoms with Crippen LogP contribution < -0.4 is 9.47 Å². The molecule has 0 spiro atoms. The number of rotatable bonds is 7. The van der Waals surface area contributed by atoms with E-state index in [1.165, 1.54) is 5.56 Å². The Hall–Kier alpha value is -3.30. The summed E-state index contributed by atoms with van der Waals surface area (Å²) in [5.74, 6) is 1.37. The van der Waals surface area contributed by atoms with Crippen molar-refractivity contribution in [2.24, 2.45) is 0 Å². The molecule has 168 valence electrons. The van der Waals surface area contributed by atoms with Gasteiger partial charge in [-0.25, -0.2) is 0 Å². The Morgan fingerprint density at radius 2 is 1.88 bits per heavy atom. The second kappa shape index (κ2) is 11.4. The summed E-state index contributed by atoms with van der Waals surface area (Å²) in [5.41, 5.74) is 2.75. The van der Waals surface area contributed by atoms with Crippen LogP contribution in [0.3, 0.4) is 0 Å². The molecule has 0 bridgehead atoms. The average molecular weight is 434 g/mol. The lowest BCUT2D eigenvalue weighted by Crippen LogP contribution is -2.34. The lowest BCUT2D eigenvalue weighted by Gasteiger charge is -2.21. The van der Waals surface area contributed by atoms with Gasteiger partial charge in [-0.05, 0) is 61.7 Å². The molecule has 1 aliphatic rings. The highest BCUT2D eigenvalue weighted by atomic mass is 16.5. The van der Waals surface area contributed by atoms with E-state index in [0.717, 1.165) is 38.2 Å². The van der Waals surface area contributed by atoms with Crippen molar-refractivity contribution < 1.29 is 14.3 Å². The molecule has 6 heteroatoms. The number of hydrogen-bond donors (Lipinski definition) is 0. The average Bonchev–Trinajstić information content (AvgIpc) is 3.04. The molecule has 6 nitrogen and oxygen atoms in total. The lowest BCUT2D eigenvalue weighted by atomic mass is 10.1. The second-order valence-electron chi connectivity index (χ2n) is 8.17. The van der Waals surface area contributed by atoms with Crippen LogP contribution in [0, 0.1) is 11.3 Å². The van der Waals surface area contributed by atoms with Gasteiger partial charge in [0.25, 0.3) is 0 Å². The smallest absolute Gasteiger partial charge is 0.246 e. The van der Waals surface area contributed by atoms with Crippen LogP contribution in [0.1, 0.15) is 37.0 Å². The molecule has 0 unspecified atom stereocenters. The zero-order valence-corrected chi connectivity index (χ0v) is 19.1. The van der Waals surface area contributed by atoms with Gasteiger partial charge in [-0.2, -0.15) is 5.26 Å². The fraction of sp³-hybridized carbons (Fsp3) is 0.385. The van der Waals surface area contributed by atoms with Gasteiger partial charge in [-0.15, -0.1) is 0 Å². The first-order valence-corrected chi connectivity index (χ1v) is 11.0. The van der Waals surface area contributed by atoms with Crippen LogP contribution in [0.25, 0.3) is 6.08 Å². The van der Waals surface area contributed by atoms with Crippen molar-refractivity contribution in [2.75, 3.05) is 33.3 Å². The van der Waals surface area contributed by atoms with Crippen LogP contribution in [0.5, 0.6) is 11.5 Å². The number of carbonyl (C=O) groups excluding carboxylic acids is 1. The van der Waals surface area contributed by atoms with Gasteiger partial charge in [-0.1, -0.05) is 18.2 Å². The Balaban J connectivity index is 1.56. The summed E-state index contributed by atoms with van der Waals surface area (Å²) in [6, 6.07) is 15.5. The van der Waals surface area contributed by atoms with Crippen molar-refractivity contribution in [3.05, 3.63) is 65.2 Å². The van der Waals surface area contributed by atoms with Gasteiger partial charge in [0.15, 0.2) is 11.5 Å². The fourth-order valence-electron chi connectivity index (χ4n) is 3.70. The molecular weight excluding hydrogens is 402 g/mol. The van der Waals surface area contributed by atoms with E-state index in [4.69, 9.17) is 14.7 Å². The van der Waals surface area contributed by atoms with Gasteiger partial charge >= 0.3 is 0 Å². The van der Waals surface area contributed by atoms with E-state index in [-0.39, 0.29) is 12.0 Å². The molecule has 0 aromatic heterocycles. The molecule has 1 heterocycles. The molecule has 1 aliphatic heterocycles. The SMILES string of the molecule is COc1cc(/C=C/C(=O)N2CCCN(Cc3ccc(C#N)cc3)CC2)ccc1OC(C)C. The van der Waals surface area contributed by atoms with Crippen LogP contribution in [-0.2, 0) is 11.3 Å². The minimum absolute atomic E-state index is 0.0201. The molecule has 0 N–H and O–H groups in total. The maximum atomic E-state index is 12.8. The topological polar surface area (TPSA) is 65.8 Å². The number of nitrogens with zero attached hydrogens (tertiary/aromatic N) is 3. The third kappa shape index (κ3) is 6.60. The third-order valence-electron chi connectivity index (χ3n) is 5.36. The van der Waals surface area contributed by atoms with Crippen LogP contribution in [0.4, 0.5) is 0 Å². The number of ether oxygens (including phenoxy) is 2. The van der Waals surface area contributed by atoms with E-state index in [0.29, 0.717) is 23.6 Å². The molecule has 0 aliphatic carbocycles. The fourth-order valence-corrected chi connectivity index (χ4v) is 3.70. The first-order chi connectivity index (χ1) is 15.5. The van der Waals surface area contributed by atoms with Crippen molar-refractivity contribution in [3.63, 3.8) is 0 Å². The number of hydrogen-bond acceptors (Lipinski definition) is 5. The Morgan fingerprint density at radius 1 is 1.09 bits per heavy atom. The normalized spacial score (nSPS) is 14.9. The maximum absolute atomic E-state index is 12.8. The highest BCUT2D eigenvalue weighted by molar-refractivity contribution is 5.91. The van der Waals surface area contributed by atoms with Crippen LogP contribution in [0.15, 0.2) is 48.5 Å². The van der Waals surface area contributed by atoms with Crippen molar-refractivity contribution in [2.45, 2.75) is 32.9 Å². The molecule has 3 rings (SSSR count). The molecule has 2 aromatic rings. The number of methoxy groups -OCH3 is 1. The Kier molecular flexibility index (Phi) is 8.29. The summed E-state index contributed by atoms with van der Waals surface area (Å²) in [7, 11) is 1.61. The Labute approximate surface area is 190 Å². The first kappa shape index (κ1) is 23.4. The summed E-state index contributed by atoms with van der Waals surface area (Å²) in [6.45, 7) is 7.99. The number of carbonyl (C=O) groups is 1. The molecule has 32 heavy (non-hydrogen) atoms. The van der Waals surface area contributed by atoms with Gasteiger partial charge in [0.05, 0.1) is 24.8 Å². The molecule has 0 saturated carbocycles.